The molecule has 2 rings (SSSR count). The summed E-state index contributed by atoms with van der Waals surface area (Å²) in [6, 6.07) is 7.32. The maximum atomic E-state index is 13.3. The lowest BCUT2D eigenvalue weighted by Gasteiger charge is -2.20. The van der Waals surface area contributed by atoms with Crippen molar-refractivity contribution < 1.29 is 42.0 Å². The number of nitro groups is 1. The highest BCUT2D eigenvalue weighted by atomic mass is 19.4. The Morgan fingerprint density at radius 1 is 1.03 bits per heavy atom. The molecule has 0 aliphatic rings. The molecule has 35 heavy (non-hydrogen) atoms. The lowest BCUT2D eigenvalue weighted by Crippen LogP contribution is -2.31. The summed E-state index contributed by atoms with van der Waals surface area (Å²) in [6.45, 7) is 6.14. The summed E-state index contributed by atoms with van der Waals surface area (Å²) >= 11 is 0. The molecular weight excluding hydrogens is 475 g/mol. The third-order valence-electron chi connectivity index (χ3n) is 4.17. The van der Waals surface area contributed by atoms with Crippen molar-refractivity contribution in [1.29, 1.82) is 0 Å². The molecule has 0 spiro atoms. The minimum atomic E-state index is -4.99. The van der Waals surface area contributed by atoms with Gasteiger partial charge in [-0.15, -0.1) is 0 Å². The number of carbonyl (C=O) groups is 3. The quantitative estimate of drug-likeness (QED) is 0.320. The molecule has 2 amide bonds. The van der Waals surface area contributed by atoms with Crippen LogP contribution in [-0.4, -0.2) is 34.6 Å². The first-order valence-corrected chi connectivity index (χ1v) is 10.0. The molecule has 0 aromatic heterocycles. The van der Waals surface area contributed by atoms with Crippen molar-refractivity contribution in [2.24, 2.45) is 0 Å². The summed E-state index contributed by atoms with van der Waals surface area (Å²) in [6.07, 6.45) is -7.28. The van der Waals surface area contributed by atoms with Crippen molar-refractivity contribution in [2.75, 3.05) is 10.6 Å². The van der Waals surface area contributed by atoms with Crippen molar-refractivity contribution in [3.05, 3.63) is 63.7 Å². The number of benzene rings is 2. The van der Waals surface area contributed by atoms with Gasteiger partial charge in [-0.1, -0.05) is 6.07 Å². The molecule has 0 saturated carbocycles. The predicted octanol–water partition coefficient (Wildman–Crippen LogP) is 5.14. The Balaban J connectivity index is 2.10. The van der Waals surface area contributed by atoms with Crippen LogP contribution in [0.1, 0.15) is 43.6 Å². The zero-order valence-corrected chi connectivity index (χ0v) is 19.1. The van der Waals surface area contributed by atoms with E-state index in [-0.39, 0.29) is 17.3 Å². The number of halogens is 3. The highest BCUT2D eigenvalue weighted by Crippen LogP contribution is 2.37. The highest BCUT2D eigenvalue weighted by molar-refractivity contribution is 5.98. The van der Waals surface area contributed by atoms with Crippen LogP contribution in [0, 0.1) is 10.1 Å². The molecule has 2 N–H and O–H groups in total. The number of non-ortho nitro benzene ring substituents is 1. The first-order chi connectivity index (χ1) is 16.1. The van der Waals surface area contributed by atoms with Crippen LogP contribution in [0.5, 0.6) is 0 Å². The number of ether oxygens (including phenoxy) is 2. The van der Waals surface area contributed by atoms with Gasteiger partial charge < -0.3 is 14.8 Å². The fourth-order valence-electron chi connectivity index (χ4n) is 2.65. The fraction of sp³-hybridized carbons (Fsp3) is 0.318. The maximum Gasteiger partial charge on any atom is 0.418 e. The van der Waals surface area contributed by atoms with Crippen LogP contribution in [0.4, 0.5) is 35.0 Å². The zero-order chi connectivity index (χ0) is 26.6. The maximum absolute atomic E-state index is 13.3. The number of amides is 2. The molecule has 2 aromatic rings. The molecule has 0 bridgehead atoms. The number of rotatable bonds is 6. The van der Waals surface area contributed by atoms with Crippen LogP contribution < -0.4 is 10.6 Å². The van der Waals surface area contributed by atoms with E-state index in [0.717, 1.165) is 19.1 Å². The van der Waals surface area contributed by atoms with Gasteiger partial charge in [0, 0.05) is 17.8 Å². The summed E-state index contributed by atoms with van der Waals surface area (Å²) in [5.74, 6) is -2.08. The minimum Gasteiger partial charge on any atom is -0.449 e. The lowest BCUT2D eigenvalue weighted by atomic mass is 10.1. The van der Waals surface area contributed by atoms with Gasteiger partial charge in [0.2, 0.25) is 0 Å². The van der Waals surface area contributed by atoms with E-state index < -0.39 is 57.7 Å². The molecule has 0 radical (unpaired) electrons. The number of anilines is 2. The van der Waals surface area contributed by atoms with Crippen molar-refractivity contribution >= 4 is 35.0 Å². The fourth-order valence-corrected chi connectivity index (χ4v) is 2.65. The van der Waals surface area contributed by atoms with Gasteiger partial charge in [0.15, 0.2) is 6.10 Å². The Bertz CT molecular complexity index is 1140. The molecule has 2 aromatic carbocycles. The molecule has 0 heterocycles. The van der Waals surface area contributed by atoms with E-state index in [0.29, 0.717) is 0 Å². The SMILES string of the molecule is CC(OC(=O)c1cccc(NC(=O)OC(C)(C)C)c1)C(=O)Nc1ccc([N+](=O)[O-])cc1C(F)(F)F. The monoisotopic (exact) mass is 497 g/mol. The van der Waals surface area contributed by atoms with Crippen molar-refractivity contribution in [2.45, 2.75) is 45.6 Å². The summed E-state index contributed by atoms with van der Waals surface area (Å²) in [5.41, 5.74) is -3.58. The van der Waals surface area contributed by atoms with Crippen LogP contribution in [0.25, 0.3) is 0 Å². The number of nitrogens with zero attached hydrogens (tertiary/aromatic N) is 1. The number of hydrogen-bond donors (Lipinski definition) is 2. The molecule has 0 fully saturated rings. The second-order valence-electron chi connectivity index (χ2n) is 8.23. The summed E-state index contributed by atoms with van der Waals surface area (Å²) in [5, 5.41) is 15.2. The standard InChI is InChI=1S/C22H22F3N3O7/c1-12(18(29)27-17-9-8-15(28(32)33)11-16(17)22(23,24)25)34-19(30)13-6-5-7-14(10-13)26-20(31)35-21(2,3)4/h5-12H,1-4H3,(H,26,31)(H,27,29). The summed E-state index contributed by atoms with van der Waals surface area (Å²) < 4.78 is 50.0. The van der Waals surface area contributed by atoms with Crippen molar-refractivity contribution in [1.82, 2.24) is 0 Å². The summed E-state index contributed by atoms with van der Waals surface area (Å²) in [7, 11) is 0. The Labute approximate surface area is 197 Å². The van der Waals surface area contributed by atoms with E-state index in [2.05, 4.69) is 5.32 Å². The van der Waals surface area contributed by atoms with Crippen LogP contribution in [-0.2, 0) is 20.4 Å². The molecular formula is C22H22F3N3O7. The van der Waals surface area contributed by atoms with Crippen LogP contribution in [0.2, 0.25) is 0 Å². The van der Waals surface area contributed by atoms with Gasteiger partial charge in [0.25, 0.3) is 11.6 Å². The molecule has 1 atom stereocenters. The summed E-state index contributed by atoms with van der Waals surface area (Å²) in [4.78, 5) is 46.5. The molecule has 13 heteroatoms. The Hall–Kier alpha value is -4.16. The van der Waals surface area contributed by atoms with E-state index in [1.807, 2.05) is 5.32 Å². The van der Waals surface area contributed by atoms with Crippen LogP contribution in [0.15, 0.2) is 42.5 Å². The average molecular weight is 497 g/mol. The van der Waals surface area contributed by atoms with Gasteiger partial charge in [0.05, 0.1) is 21.7 Å². The number of nitro benzene ring substituents is 1. The van der Waals surface area contributed by atoms with Crippen LogP contribution >= 0.6 is 0 Å². The third-order valence-corrected chi connectivity index (χ3v) is 4.17. The smallest absolute Gasteiger partial charge is 0.418 e. The molecule has 0 aliphatic carbocycles. The third kappa shape index (κ3) is 7.98. The van der Waals surface area contributed by atoms with Gasteiger partial charge >= 0.3 is 18.2 Å². The van der Waals surface area contributed by atoms with Gasteiger partial charge in [-0.2, -0.15) is 13.2 Å². The van der Waals surface area contributed by atoms with Crippen molar-refractivity contribution in [3.63, 3.8) is 0 Å². The Morgan fingerprint density at radius 3 is 2.26 bits per heavy atom. The van der Waals surface area contributed by atoms with Gasteiger partial charge in [-0.3, -0.25) is 20.2 Å². The van der Waals surface area contributed by atoms with Crippen LogP contribution in [0.3, 0.4) is 0 Å². The van der Waals surface area contributed by atoms with Gasteiger partial charge in [0.1, 0.15) is 5.60 Å². The van der Waals surface area contributed by atoms with Gasteiger partial charge in [-0.05, 0) is 52.0 Å². The molecule has 188 valence electrons. The first kappa shape index (κ1) is 27.1. The predicted molar refractivity (Wildman–Crippen MR) is 118 cm³/mol. The zero-order valence-electron chi connectivity index (χ0n) is 19.1. The largest absolute Gasteiger partial charge is 0.449 e. The minimum absolute atomic E-state index is 0.0514. The number of esters is 1. The van der Waals surface area contributed by atoms with E-state index >= 15 is 0 Å². The number of nitrogens with one attached hydrogen (secondary N) is 2. The number of carbonyl (C=O) groups excluding carboxylic acids is 3. The normalized spacial score (nSPS) is 12.3. The van der Waals surface area contributed by atoms with Crippen molar-refractivity contribution in [3.8, 4) is 0 Å². The topological polar surface area (TPSA) is 137 Å². The second-order valence-corrected chi connectivity index (χ2v) is 8.23. The highest BCUT2D eigenvalue weighted by Gasteiger charge is 2.36. The van der Waals surface area contributed by atoms with Gasteiger partial charge in [-0.25, -0.2) is 9.59 Å². The molecule has 1 unspecified atom stereocenters. The van der Waals surface area contributed by atoms with E-state index in [1.54, 1.807) is 20.8 Å². The number of alkyl halides is 3. The van der Waals surface area contributed by atoms with E-state index in [4.69, 9.17) is 9.47 Å². The van der Waals surface area contributed by atoms with E-state index in [1.165, 1.54) is 24.3 Å². The Kier molecular flexibility index (Phi) is 8.05. The Morgan fingerprint density at radius 2 is 1.69 bits per heavy atom. The average Bonchev–Trinajstić information content (AvgIpc) is 2.71. The second kappa shape index (κ2) is 10.4. The van der Waals surface area contributed by atoms with E-state index in [9.17, 15) is 37.7 Å². The molecule has 10 nitrogen and oxygen atoms in total. The lowest BCUT2D eigenvalue weighted by molar-refractivity contribution is -0.385. The number of hydrogen-bond acceptors (Lipinski definition) is 7. The molecule has 0 saturated heterocycles. The molecule has 0 aliphatic heterocycles. The first-order valence-electron chi connectivity index (χ1n) is 10.0.